The van der Waals surface area contributed by atoms with Gasteiger partial charge in [0, 0.05) is 30.9 Å². The van der Waals surface area contributed by atoms with E-state index in [4.69, 9.17) is 5.73 Å². The average molecular weight is 249 g/mol. The van der Waals surface area contributed by atoms with Crippen molar-refractivity contribution in [2.45, 2.75) is 39.7 Å². The van der Waals surface area contributed by atoms with E-state index in [0.29, 0.717) is 0 Å². The van der Waals surface area contributed by atoms with Crippen molar-refractivity contribution >= 4 is 0 Å². The smallest absolute Gasteiger partial charge is 0.0416 e. The Morgan fingerprint density at radius 3 is 2.56 bits per heavy atom. The zero-order valence-electron chi connectivity index (χ0n) is 12.2. The SMILES string of the molecule is CN(CCc1ccccn1)CCC(N)C(C)(C)C. The summed E-state index contributed by atoms with van der Waals surface area (Å²) in [7, 11) is 2.15. The van der Waals surface area contributed by atoms with Crippen LogP contribution in [0.2, 0.25) is 0 Å². The van der Waals surface area contributed by atoms with Crippen LogP contribution in [0.15, 0.2) is 24.4 Å². The molecule has 1 heterocycles. The minimum absolute atomic E-state index is 0.196. The molecule has 1 aromatic heterocycles. The molecule has 0 saturated carbocycles. The molecule has 0 spiro atoms. The van der Waals surface area contributed by atoms with Gasteiger partial charge in [-0.2, -0.15) is 0 Å². The van der Waals surface area contributed by atoms with Crippen molar-refractivity contribution in [2.24, 2.45) is 11.1 Å². The highest BCUT2D eigenvalue weighted by atomic mass is 15.1. The topological polar surface area (TPSA) is 42.2 Å². The monoisotopic (exact) mass is 249 g/mol. The maximum Gasteiger partial charge on any atom is 0.0416 e. The summed E-state index contributed by atoms with van der Waals surface area (Å²) < 4.78 is 0. The molecule has 0 aromatic carbocycles. The van der Waals surface area contributed by atoms with Crippen LogP contribution in [-0.4, -0.2) is 36.1 Å². The van der Waals surface area contributed by atoms with Crippen LogP contribution in [0.25, 0.3) is 0 Å². The molecule has 1 unspecified atom stereocenters. The Kier molecular flexibility index (Phi) is 5.76. The molecule has 0 saturated heterocycles. The minimum Gasteiger partial charge on any atom is -0.327 e. The number of rotatable bonds is 6. The van der Waals surface area contributed by atoms with Crippen molar-refractivity contribution in [3.05, 3.63) is 30.1 Å². The van der Waals surface area contributed by atoms with Gasteiger partial charge in [0.2, 0.25) is 0 Å². The van der Waals surface area contributed by atoms with Gasteiger partial charge in [-0.3, -0.25) is 4.98 Å². The van der Waals surface area contributed by atoms with E-state index in [9.17, 15) is 0 Å². The molecule has 0 aliphatic rings. The Bertz CT molecular complexity index is 329. The van der Waals surface area contributed by atoms with Gasteiger partial charge in [0.05, 0.1) is 0 Å². The van der Waals surface area contributed by atoms with E-state index in [1.54, 1.807) is 0 Å². The Morgan fingerprint density at radius 2 is 2.00 bits per heavy atom. The molecule has 0 bridgehead atoms. The van der Waals surface area contributed by atoms with E-state index >= 15 is 0 Å². The molecule has 102 valence electrons. The van der Waals surface area contributed by atoms with E-state index in [0.717, 1.165) is 31.6 Å². The van der Waals surface area contributed by atoms with E-state index < -0.39 is 0 Å². The highest BCUT2D eigenvalue weighted by Crippen LogP contribution is 2.19. The Balaban J connectivity index is 2.24. The van der Waals surface area contributed by atoms with Crippen molar-refractivity contribution in [3.63, 3.8) is 0 Å². The predicted molar refractivity (Wildman–Crippen MR) is 77.5 cm³/mol. The molecule has 1 aromatic rings. The maximum atomic E-state index is 6.17. The fraction of sp³-hybridized carbons (Fsp3) is 0.667. The highest BCUT2D eigenvalue weighted by Gasteiger charge is 2.20. The van der Waals surface area contributed by atoms with Crippen LogP contribution in [0.5, 0.6) is 0 Å². The molecule has 0 amide bonds. The van der Waals surface area contributed by atoms with E-state index in [2.05, 4.69) is 43.8 Å². The van der Waals surface area contributed by atoms with Crippen LogP contribution in [0.4, 0.5) is 0 Å². The molecule has 1 atom stereocenters. The third-order valence-electron chi connectivity index (χ3n) is 3.41. The summed E-state index contributed by atoms with van der Waals surface area (Å²) in [5, 5.41) is 0. The molecule has 0 aliphatic heterocycles. The second-order valence-electron chi connectivity index (χ2n) is 6.14. The average Bonchev–Trinajstić information content (AvgIpc) is 2.33. The van der Waals surface area contributed by atoms with Gasteiger partial charge in [0.1, 0.15) is 0 Å². The summed E-state index contributed by atoms with van der Waals surface area (Å²) in [5.74, 6) is 0. The fourth-order valence-corrected chi connectivity index (χ4v) is 1.76. The summed E-state index contributed by atoms with van der Waals surface area (Å²) in [5.41, 5.74) is 7.52. The van der Waals surface area contributed by atoms with Crippen molar-refractivity contribution in [1.29, 1.82) is 0 Å². The zero-order valence-corrected chi connectivity index (χ0v) is 12.2. The molecule has 0 fully saturated rings. The molecule has 18 heavy (non-hydrogen) atoms. The number of likely N-dealkylation sites (N-methyl/N-ethyl adjacent to an activating group) is 1. The first kappa shape index (κ1) is 15.1. The summed E-state index contributed by atoms with van der Waals surface area (Å²) in [6.07, 6.45) is 3.90. The first-order chi connectivity index (χ1) is 8.39. The first-order valence-electron chi connectivity index (χ1n) is 6.73. The Morgan fingerprint density at radius 1 is 1.28 bits per heavy atom. The molecule has 0 aliphatic carbocycles. The lowest BCUT2D eigenvalue weighted by Gasteiger charge is -2.28. The molecule has 0 radical (unpaired) electrons. The summed E-state index contributed by atoms with van der Waals surface area (Å²) in [4.78, 5) is 6.67. The lowest BCUT2D eigenvalue weighted by molar-refractivity contribution is 0.256. The van der Waals surface area contributed by atoms with Gasteiger partial charge < -0.3 is 10.6 Å². The van der Waals surface area contributed by atoms with Crippen LogP contribution >= 0.6 is 0 Å². The number of pyridine rings is 1. The molecule has 3 heteroatoms. The van der Waals surface area contributed by atoms with Crippen LogP contribution in [0.1, 0.15) is 32.9 Å². The van der Waals surface area contributed by atoms with Crippen LogP contribution in [-0.2, 0) is 6.42 Å². The van der Waals surface area contributed by atoms with Gasteiger partial charge >= 0.3 is 0 Å². The quantitative estimate of drug-likeness (QED) is 0.841. The van der Waals surface area contributed by atoms with Gasteiger partial charge in [-0.05, 0) is 37.6 Å². The number of nitrogens with two attached hydrogens (primary N) is 1. The van der Waals surface area contributed by atoms with Crippen LogP contribution < -0.4 is 5.73 Å². The number of nitrogens with zero attached hydrogens (tertiary/aromatic N) is 2. The lowest BCUT2D eigenvalue weighted by atomic mass is 9.85. The number of hydrogen-bond acceptors (Lipinski definition) is 3. The van der Waals surface area contributed by atoms with E-state index in [1.807, 2.05) is 18.3 Å². The van der Waals surface area contributed by atoms with Crippen LogP contribution in [0, 0.1) is 5.41 Å². The molecular weight excluding hydrogens is 222 g/mol. The summed E-state index contributed by atoms with van der Waals surface area (Å²) in [6.45, 7) is 8.68. The van der Waals surface area contributed by atoms with Gasteiger partial charge in [0.25, 0.3) is 0 Å². The number of hydrogen-bond donors (Lipinski definition) is 1. The molecule has 2 N–H and O–H groups in total. The lowest BCUT2D eigenvalue weighted by Crippen LogP contribution is -2.38. The van der Waals surface area contributed by atoms with Crippen LogP contribution in [0.3, 0.4) is 0 Å². The normalized spacial score (nSPS) is 13.9. The van der Waals surface area contributed by atoms with Gasteiger partial charge in [-0.25, -0.2) is 0 Å². The second-order valence-corrected chi connectivity index (χ2v) is 6.14. The van der Waals surface area contributed by atoms with Crippen molar-refractivity contribution in [2.75, 3.05) is 20.1 Å². The van der Waals surface area contributed by atoms with Gasteiger partial charge in [-0.15, -0.1) is 0 Å². The maximum absolute atomic E-state index is 6.17. The molecule has 3 nitrogen and oxygen atoms in total. The van der Waals surface area contributed by atoms with Crippen molar-refractivity contribution in [1.82, 2.24) is 9.88 Å². The largest absolute Gasteiger partial charge is 0.327 e. The second kappa shape index (κ2) is 6.86. The van der Waals surface area contributed by atoms with Crippen molar-refractivity contribution < 1.29 is 0 Å². The molecular formula is C15H27N3. The van der Waals surface area contributed by atoms with E-state index in [-0.39, 0.29) is 11.5 Å². The Labute approximate surface area is 111 Å². The first-order valence-corrected chi connectivity index (χ1v) is 6.73. The Hall–Kier alpha value is -0.930. The summed E-state index contributed by atoms with van der Waals surface area (Å²) in [6, 6.07) is 6.33. The molecule has 1 rings (SSSR count). The minimum atomic E-state index is 0.196. The third kappa shape index (κ3) is 5.61. The zero-order chi connectivity index (χ0) is 13.6. The highest BCUT2D eigenvalue weighted by molar-refractivity contribution is 5.03. The van der Waals surface area contributed by atoms with Crippen molar-refractivity contribution in [3.8, 4) is 0 Å². The number of aromatic nitrogens is 1. The van der Waals surface area contributed by atoms with Gasteiger partial charge in [-0.1, -0.05) is 26.8 Å². The predicted octanol–water partition coefficient (Wildman–Crippen LogP) is 2.32. The standard InChI is InChI=1S/C15H27N3/c1-15(2,3)14(16)9-12-18(4)11-8-13-7-5-6-10-17-13/h5-7,10,14H,8-9,11-12,16H2,1-4H3. The fourth-order valence-electron chi connectivity index (χ4n) is 1.76. The van der Waals surface area contributed by atoms with E-state index in [1.165, 1.54) is 0 Å². The van der Waals surface area contributed by atoms with Gasteiger partial charge in [0.15, 0.2) is 0 Å². The third-order valence-corrected chi connectivity index (χ3v) is 3.41. The summed E-state index contributed by atoms with van der Waals surface area (Å²) >= 11 is 0.